The molecule has 1 aliphatic carbocycles. The largest absolute Gasteiger partial charge is 0.461 e. The summed E-state index contributed by atoms with van der Waals surface area (Å²) in [7, 11) is -0.106. The van der Waals surface area contributed by atoms with Gasteiger partial charge in [-0.05, 0) is 45.6 Å². The summed E-state index contributed by atoms with van der Waals surface area (Å²) in [6.45, 7) is 15.4. The lowest BCUT2D eigenvalue weighted by Crippen LogP contribution is -2.41. The van der Waals surface area contributed by atoms with Crippen molar-refractivity contribution in [3.63, 3.8) is 0 Å². The fourth-order valence-electron chi connectivity index (χ4n) is 2.76. The van der Waals surface area contributed by atoms with Crippen LogP contribution in [0, 0.1) is 6.57 Å². The molecule has 0 bridgehead atoms. The Hall–Kier alpha value is -1.31. The van der Waals surface area contributed by atoms with Crippen molar-refractivity contribution in [1.29, 1.82) is 0 Å². The SMILES string of the molecule is [C-]#[N+]c1ccc(C2CC2B2OC(C)(C)C(C)(C)O2)cc1. The molecule has 1 aromatic carbocycles. The molecule has 4 heteroatoms. The Morgan fingerprint density at radius 3 is 2.15 bits per heavy atom. The van der Waals surface area contributed by atoms with Crippen molar-refractivity contribution < 1.29 is 9.31 Å². The van der Waals surface area contributed by atoms with E-state index in [0.717, 1.165) is 6.42 Å². The number of hydrogen-bond acceptors (Lipinski definition) is 2. The normalized spacial score (nSPS) is 30.1. The van der Waals surface area contributed by atoms with Crippen LogP contribution in [0.2, 0.25) is 5.82 Å². The second-order valence-electron chi connectivity index (χ2n) is 6.83. The summed E-state index contributed by atoms with van der Waals surface area (Å²) >= 11 is 0. The first-order chi connectivity index (χ1) is 9.34. The van der Waals surface area contributed by atoms with Crippen LogP contribution in [0.3, 0.4) is 0 Å². The van der Waals surface area contributed by atoms with Crippen LogP contribution in [0.4, 0.5) is 5.69 Å². The van der Waals surface area contributed by atoms with Gasteiger partial charge in [0.25, 0.3) is 0 Å². The Morgan fingerprint density at radius 2 is 1.65 bits per heavy atom. The van der Waals surface area contributed by atoms with Crippen LogP contribution in [0.5, 0.6) is 0 Å². The van der Waals surface area contributed by atoms with E-state index in [4.69, 9.17) is 15.9 Å². The van der Waals surface area contributed by atoms with Gasteiger partial charge in [0.15, 0.2) is 5.69 Å². The molecule has 0 N–H and O–H groups in total. The molecule has 2 unspecified atom stereocenters. The summed E-state index contributed by atoms with van der Waals surface area (Å²) in [5, 5.41) is 0. The lowest BCUT2D eigenvalue weighted by molar-refractivity contribution is 0.00578. The highest BCUT2D eigenvalue weighted by atomic mass is 16.7. The van der Waals surface area contributed by atoms with Gasteiger partial charge in [-0.15, -0.1) is 0 Å². The van der Waals surface area contributed by atoms with Gasteiger partial charge >= 0.3 is 7.12 Å². The standard InChI is InChI=1S/C16H20BNO2/c1-15(2)16(3,4)20-17(19-15)14-10-13(14)11-6-8-12(18-5)9-7-11/h6-9,13-14H,10H2,1-4H3. The minimum Gasteiger partial charge on any atom is -0.403 e. The summed E-state index contributed by atoms with van der Waals surface area (Å²) < 4.78 is 12.2. The van der Waals surface area contributed by atoms with Crippen LogP contribution in [0.1, 0.15) is 45.6 Å². The van der Waals surface area contributed by atoms with Crippen molar-refractivity contribution >= 4 is 12.8 Å². The second kappa shape index (κ2) is 4.34. The third kappa shape index (κ3) is 2.15. The molecule has 2 aliphatic rings. The average Bonchev–Trinajstić information content (AvgIpc) is 3.13. The van der Waals surface area contributed by atoms with E-state index in [1.807, 2.05) is 12.1 Å². The van der Waals surface area contributed by atoms with Crippen LogP contribution in [-0.2, 0) is 9.31 Å². The van der Waals surface area contributed by atoms with Gasteiger partial charge in [0.1, 0.15) is 0 Å². The molecular weight excluding hydrogens is 249 g/mol. The molecule has 1 aliphatic heterocycles. The highest BCUT2D eigenvalue weighted by molar-refractivity contribution is 6.49. The third-order valence-corrected chi connectivity index (χ3v) is 4.91. The topological polar surface area (TPSA) is 22.8 Å². The molecule has 1 saturated heterocycles. The monoisotopic (exact) mass is 269 g/mol. The molecule has 3 nitrogen and oxygen atoms in total. The van der Waals surface area contributed by atoms with Gasteiger partial charge in [-0.3, -0.25) is 0 Å². The second-order valence-corrected chi connectivity index (χ2v) is 6.83. The Kier molecular flexibility index (Phi) is 2.97. The Bertz CT molecular complexity index is 543. The van der Waals surface area contributed by atoms with E-state index >= 15 is 0 Å². The maximum atomic E-state index is 6.99. The molecule has 0 amide bonds. The van der Waals surface area contributed by atoms with Crippen molar-refractivity contribution in [2.24, 2.45) is 0 Å². The zero-order valence-corrected chi connectivity index (χ0v) is 12.5. The highest BCUT2D eigenvalue weighted by Crippen LogP contribution is 2.58. The smallest absolute Gasteiger partial charge is 0.403 e. The van der Waals surface area contributed by atoms with E-state index in [2.05, 4.69) is 44.7 Å². The minimum atomic E-state index is -0.251. The van der Waals surface area contributed by atoms with E-state index in [9.17, 15) is 0 Å². The summed E-state index contributed by atoms with van der Waals surface area (Å²) in [6, 6.07) is 7.90. The molecule has 1 heterocycles. The summed E-state index contributed by atoms with van der Waals surface area (Å²) in [6.07, 6.45) is 1.11. The van der Waals surface area contributed by atoms with Crippen LogP contribution in [0.25, 0.3) is 4.85 Å². The summed E-state index contributed by atoms with van der Waals surface area (Å²) in [5.41, 5.74) is 1.48. The molecule has 0 spiro atoms. The summed E-state index contributed by atoms with van der Waals surface area (Å²) in [5.74, 6) is 0.944. The average molecular weight is 269 g/mol. The lowest BCUT2D eigenvalue weighted by atomic mass is 9.79. The molecule has 1 saturated carbocycles. The van der Waals surface area contributed by atoms with E-state index < -0.39 is 0 Å². The molecule has 3 rings (SSSR count). The molecule has 104 valence electrons. The molecule has 2 atom stereocenters. The predicted octanol–water partition coefficient (Wildman–Crippen LogP) is 4.19. The van der Waals surface area contributed by atoms with Gasteiger partial charge in [-0.25, -0.2) is 4.85 Å². The van der Waals surface area contributed by atoms with E-state index in [1.165, 1.54) is 5.56 Å². The highest BCUT2D eigenvalue weighted by Gasteiger charge is 2.59. The number of rotatable bonds is 2. The fourth-order valence-corrected chi connectivity index (χ4v) is 2.76. The van der Waals surface area contributed by atoms with Crippen molar-refractivity contribution in [3.8, 4) is 0 Å². The molecular formula is C16H20BNO2. The van der Waals surface area contributed by atoms with Crippen LogP contribution in [0.15, 0.2) is 24.3 Å². The van der Waals surface area contributed by atoms with Crippen molar-refractivity contribution in [1.82, 2.24) is 0 Å². The molecule has 0 radical (unpaired) electrons. The maximum Gasteiger partial charge on any atom is 0.461 e. The molecule has 20 heavy (non-hydrogen) atoms. The van der Waals surface area contributed by atoms with Gasteiger partial charge in [-0.1, -0.05) is 24.3 Å². The number of nitrogens with zero attached hydrogens (tertiary/aromatic N) is 1. The van der Waals surface area contributed by atoms with Crippen molar-refractivity contribution in [3.05, 3.63) is 41.2 Å². The maximum absolute atomic E-state index is 6.99. The van der Waals surface area contributed by atoms with Crippen LogP contribution >= 0.6 is 0 Å². The van der Waals surface area contributed by atoms with Crippen molar-refractivity contribution in [2.45, 2.75) is 57.1 Å². The Balaban J connectivity index is 1.69. The number of benzene rings is 1. The van der Waals surface area contributed by atoms with Gasteiger partial charge in [0.05, 0.1) is 17.8 Å². The first kappa shape index (κ1) is 13.7. The molecule has 0 aromatic heterocycles. The first-order valence-corrected chi connectivity index (χ1v) is 7.17. The number of hydrogen-bond donors (Lipinski definition) is 0. The zero-order chi connectivity index (χ0) is 14.5. The third-order valence-electron chi connectivity index (χ3n) is 4.91. The van der Waals surface area contributed by atoms with Gasteiger partial charge in [-0.2, -0.15) is 0 Å². The van der Waals surface area contributed by atoms with E-state index in [1.54, 1.807) is 0 Å². The molecule has 2 fully saturated rings. The first-order valence-electron chi connectivity index (χ1n) is 7.17. The van der Waals surface area contributed by atoms with Crippen LogP contribution in [-0.4, -0.2) is 18.3 Å². The zero-order valence-electron chi connectivity index (χ0n) is 12.5. The Morgan fingerprint density at radius 1 is 1.10 bits per heavy atom. The minimum absolute atomic E-state index is 0.106. The van der Waals surface area contributed by atoms with E-state index in [-0.39, 0.29) is 18.3 Å². The van der Waals surface area contributed by atoms with Crippen LogP contribution < -0.4 is 0 Å². The van der Waals surface area contributed by atoms with Gasteiger partial charge in [0.2, 0.25) is 0 Å². The summed E-state index contributed by atoms with van der Waals surface area (Å²) in [4.78, 5) is 3.43. The fraction of sp³-hybridized carbons (Fsp3) is 0.562. The van der Waals surface area contributed by atoms with E-state index in [0.29, 0.717) is 17.4 Å². The van der Waals surface area contributed by atoms with Crippen molar-refractivity contribution in [2.75, 3.05) is 0 Å². The molecule has 1 aromatic rings. The lowest BCUT2D eigenvalue weighted by Gasteiger charge is -2.32. The predicted molar refractivity (Wildman–Crippen MR) is 79.9 cm³/mol. The Labute approximate surface area is 121 Å². The quantitative estimate of drug-likeness (QED) is 0.593. The van der Waals surface area contributed by atoms with Gasteiger partial charge < -0.3 is 9.31 Å². The van der Waals surface area contributed by atoms with Gasteiger partial charge in [0, 0.05) is 5.82 Å².